The average molecular weight is 261 g/mol. The molecule has 2 atom stereocenters. The minimum Gasteiger partial charge on any atom is -0.356 e. The Morgan fingerprint density at radius 2 is 1.72 bits per heavy atom. The number of quaternary nitrogens is 1. The molecule has 0 rings (SSSR count). The van der Waals surface area contributed by atoms with Crippen LogP contribution in [0.3, 0.4) is 0 Å². The van der Waals surface area contributed by atoms with E-state index in [1.165, 1.54) is 32.4 Å². The summed E-state index contributed by atoms with van der Waals surface area (Å²) in [4.78, 5) is 1.67. The van der Waals surface area contributed by atoms with Crippen molar-refractivity contribution in [2.45, 2.75) is 46.4 Å². The summed E-state index contributed by atoms with van der Waals surface area (Å²) < 4.78 is 6.57. The third-order valence-corrected chi connectivity index (χ3v) is 3.63. The number of likely N-dealkylation sites (N-methyl/N-ethyl adjacent to an activating group) is 1. The lowest BCUT2D eigenvalue weighted by Gasteiger charge is -2.38. The van der Waals surface area contributed by atoms with Crippen LogP contribution in [0.5, 0.6) is 0 Å². The second-order valence-electron chi connectivity index (χ2n) is 5.34. The van der Waals surface area contributed by atoms with Gasteiger partial charge in [-0.3, -0.25) is 4.90 Å². The fourth-order valence-electron chi connectivity index (χ4n) is 2.28. The van der Waals surface area contributed by atoms with E-state index < -0.39 is 6.41 Å². The molecule has 0 amide bonds. The van der Waals surface area contributed by atoms with E-state index in [9.17, 15) is 5.11 Å². The molecule has 2 unspecified atom stereocenters. The van der Waals surface area contributed by atoms with Crippen LogP contribution in [0, 0.1) is 0 Å². The monoisotopic (exact) mass is 261 g/mol. The van der Waals surface area contributed by atoms with Crippen molar-refractivity contribution in [1.82, 2.24) is 4.90 Å². The molecule has 1 N–H and O–H groups in total. The fourth-order valence-corrected chi connectivity index (χ4v) is 2.28. The van der Waals surface area contributed by atoms with Crippen molar-refractivity contribution in [3.63, 3.8) is 0 Å². The first-order valence-corrected chi connectivity index (χ1v) is 7.32. The Balaban J connectivity index is 4.21. The van der Waals surface area contributed by atoms with Crippen LogP contribution in [0.4, 0.5) is 0 Å². The Kier molecular flexibility index (Phi) is 9.64. The van der Waals surface area contributed by atoms with Gasteiger partial charge in [0.05, 0.1) is 19.6 Å². The van der Waals surface area contributed by atoms with Gasteiger partial charge in [-0.25, -0.2) is 0 Å². The highest BCUT2D eigenvalue weighted by molar-refractivity contribution is 4.45. The van der Waals surface area contributed by atoms with Crippen molar-refractivity contribution in [2.24, 2.45) is 0 Å². The predicted molar refractivity (Wildman–Crippen MR) is 76.2 cm³/mol. The van der Waals surface area contributed by atoms with Crippen molar-refractivity contribution < 1.29 is 14.3 Å². The van der Waals surface area contributed by atoms with Gasteiger partial charge in [-0.05, 0) is 33.9 Å². The van der Waals surface area contributed by atoms with Gasteiger partial charge in [0.25, 0.3) is 0 Å². The summed E-state index contributed by atoms with van der Waals surface area (Å²) >= 11 is 0. The maximum absolute atomic E-state index is 9.60. The lowest BCUT2D eigenvalue weighted by Crippen LogP contribution is -2.51. The topological polar surface area (TPSA) is 32.7 Å². The molecule has 110 valence electrons. The molecule has 4 heteroatoms. The number of aliphatic hydroxyl groups excluding tert-OH is 1. The number of hydrogen-bond acceptors (Lipinski definition) is 3. The Morgan fingerprint density at radius 3 is 2.17 bits per heavy atom. The molecule has 0 spiro atoms. The Labute approximate surface area is 113 Å². The summed E-state index contributed by atoms with van der Waals surface area (Å²) in [5.41, 5.74) is 0. The van der Waals surface area contributed by atoms with Crippen molar-refractivity contribution in [3.8, 4) is 0 Å². The second-order valence-corrected chi connectivity index (χ2v) is 5.34. The van der Waals surface area contributed by atoms with Crippen molar-refractivity contribution >= 4 is 0 Å². The quantitative estimate of drug-likeness (QED) is 0.455. The summed E-state index contributed by atoms with van der Waals surface area (Å²) in [6.45, 7) is 11.9. The third-order valence-electron chi connectivity index (χ3n) is 3.63. The van der Waals surface area contributed by atoms with E-state index in [1.807, 2.05) is 14.1 Å². The first-order chi connectivity index (χ1) is 8.51. The standard InChI is InChI=1S/C14H33N2O2/c1-6-9-11-16(8-3,10-7-2)12-13-18-14(17)15(4)5/h14,17H,6-13H2,1-5H3/q+1. The first kappa shape index (κ1) is 17.8. The highest BCUT2D eigenvalue weighted by Crippen LogP contribution is 2.11. The highest BCUT2D eigenvalue weighted by atomic mass is 16.6. The fraction of sp³-hybridized carbons (Fsp3) is 1.00. The molecule has 0 bridgehead atoms. The number of ether oxygens (including phenoxy) is 1. The molecule has 18 heavy (non-hydrogen) atoms. The Bertz CT molecular complexity index is 200. The van der Waals surface area contributed by atoms with E-state index in [0.29, 0.717) is 6.61 Å². The van der Waals surface area contributed by atoms with E-state index in [1.54, 1.807) is 4.90 Å². The Morgan fingerprint density at radius 1 is 1.06 bits per heavy atom. The van der Waals surface area contributed by atoms with Gasteiger partial charge in [0, 0.05) is 0 Å². The zero-order chi connectivity index (χ0) is 14.0. The summed E-state index contributed by atoms with van der Waals surface area (Å²) in [6.07, 6.45) is 2.93. The van der Waals surface area contributed by atoms with Crippen molar-refractivity contribution in [1.29, 1.82) is 0 Å². The van der Waals surface area contributed by atoms with Gasteiger partial charge < -0.3 is 14.3 Å². The van der Waals surface area contributed by atoms with Gasteiger partial charge in [-0.1, -0.05) is 20.3 Å². The van der Waals surface area contributed by atoms with Crippen LogP contribution in [0.15, 0.2) is 0 Å². The molecule has 0 aliphatic carbocycles. The van der Waals surface area contributed by atoms with E-state index in [2.05, 4.69) is 20.8 Å². The second kappa shape index (κ2) is 9.73. The largest absolute Gasteiger partial charge is 0.356 e. The summed E-state index contributed by atoms with van der Waals surface area (Å²) in [6, 6.07) is 0. The predicted octanol–water partition coefficient (Wildman–Crippen LogP) is 1.89. The average Bonchev–Trinajstić information content (AvgIpc) is 2.35. The van der Waals surface area contributed by atoms with Gasteiger partial charge in [-0.15, -0.1) is 0 Å². The molecule has 0 aromatic rings. The van der Waals surface area contributed by atoms with Gasteiger partial charge >= 0.3 is 0 Å². The van der Waals surface area contributed by atoms with Gasteiger partial charge in [0.2, 0.25) is 6.41 Å². The smallest absolute Gasteiger partial charge is 0.215 e. The zero-order valence-electron chi connectivity index (χ0n) is 13.0. The maximum atomic E-state index is 9.60. The summed E-state index contributed by atoms with van der Waals surface area (Å²) in [5, 5.41) is 9.60. The normalized spacial score (nSPS) is 16.8. The van der Waals surface area contributed by atoms with Crippen LogP contribution in [0.1, 0.15) is 40.0 Å². The lowest BCUT2D eigenvalue weighted by atomic mass is 10.2. The number of aliphatic hydroxyl groups is 1. The molecule has 0 saturated heterocycles. The van der Waals surface area contributed by atoms with Crippen molar-refractivity contribution in [3.05, 3.63) is 0 Å². The van der Waals surface area contributed by atoms with E-state index in [0.717, 1.165) is 17.6 Å². The molecular formula is C14H33N2O2+. The molecule has 0 aromatic heterocycles. The lowest BCUT2D eigenvalue weighted by molar-refractivity contribution is -0.927. The number of nitrogens with zero attached hydrogens (tertiary/aromatic N) is 2. The van der Waals surface area contributed by atoms with E-state index in [-0.39, 0.29) is 0 Å². The zero-order valence-corrected chi connectivity index (χ0v) is 13.0. The molecular weight excluding hydrogens is 228 g/mol. The number of rotatable bonds is 11. The van der Waals surface area contributed by atoms with Gasteiger partial charge in [0.1, 0.15) is 13.2 Å². The van der Waals surface area contributed by atoms with Gasteiger partial charge in [-0.2, -0.15) is 0 Å². The summed E-state index contributed by atoms with van der Waals surface area (Å²) in [5.74, 6) is 0. The van der Waals surface area contributed by atoms with Crippen LogP contribution in [-0.4, -0.2) is 67.8 Å². The molecule has 0 heterocycles. The Hall–Kier alpha value is -0.160. The maximum Gasteiger partial charge on any atom is 0.215 e. The minimum atomic E-state index is -0.781. The first-order valence-electron chi connectivity index (χ1n) is 7.32. The molecule has 0 aliphatic heterocycles. The van der Waals surface area contributed by atoms with E-state index >= 15 is 0 Å². The van der Waals surface area contributed by atoms with Crippen LogP contribution in [0.25, 0.3) is 0 Å². The number of hydrogen-bond donors (Lipinski definition) is 1. The van der Waals surface area contributed by atoms with Crippen LogP contribution < -0.4 is 0 Å². The van der Waals surface area contributed by atoms with Crippen molar-refractivity contribution in [2.75, 3.05) is 46.9 Å². The molecule has 0 aliphatic rings. The number of unbranched alkanes of at least 4 members (excludes halogenated alkanes) is 1. The highest BCUT2D eigenvalue weighted by Gasteiger charge is 2.24. The summed E-state index contributed by atoms with van der Waals surface area (Å²) in [7, 11) is 3.63. The molecule has 0 aromatic carbocycles. The van der Waals surface area contributed by atoms with Crippen LogP contribution in [-0.2, 0) is 4.74 Å². The SMILES string of the molecule is CCCC[N+](CC)(CCC)CCOC(O)N(C)C. The van der Waals surface area contributed by atoms with E-state index in [4.69, 9.17) is 4.74 Å². The van der Waals surface area contributed by atoms with Crippen LogP contribution >= 0.6 is 0 Å². The van der Waals surface area contributed by atoms with Crippen LogP contribution in [0.2, 0.25) is 0 Å². The molecule has 0 saturated carbocycles. The van der Waals surface area contributed by atoms with Gasteiger partial charge in [0.15, 0.2) is 0 Å². The third kappa shape index (κ3) is 6.69. The molecule has 4 nitrogen and oxygen atoms in total. The minimum absolute atomic E-state index is 0.622. The molecule has 0 radical (unpaired) electrons. The molecule has 0 fully saturated rings.